The number of nitrogens with zero attached hydrogens (tertiary/aromatic N) is 1. The summed E-state index contributed by atoms with van der Waals surface area (Å²) in [7, 11) is 2.24. The van der Waals surface area contributed by atoms with Gasteiger partial charge >= 0.3 is 0 Å². The van der Waals surface area contributed by atoms with Gasteiger partial charge in [-0.1, -0.05) is 18.2 Å². The van der Waals surface area contributed by atoms with E-state index in [1.807, 2.05) is 0 Å². The molecule has 2 heterocycles. The second-order valence-electron chi connectivity index (χ2n) is 5.65. The van der Waals surface area contributed by atoms with E-state index in [-0.39, 0.29) is 0 Å². The molecule has 1 saturated heterocycles. The Labute approximate surface area is 115 Å². The summed E-state index contributed by atoms with van der Waals surface area (Å²) >= 11 is 0. The molecule has 1 unspecified atom stereocenters. The Morgan fingerprint density at radius 3 is 3.00 bits per heavy atom. The largest absolute Gasteiger partial charge is 0.358 e. The van der Waals surface area contributed by atoms with Crippen LogP contribution in [0.15, 0.2) is 24.3 Å². The number of benzene rings is 1. The van der Waals surface area contributed by atoms with Gasteiger partial charge in [0.15, 0.2) is 0 Å². The fourth-order valence-electron chi connectivity index (χ4n) is 3.15. The Kier molecular flexibility index (Phi) is 3.58. The highest BCUT2D eigenvalue weighted by Crippen LogP contribution is 2.24. The highest BCUT2D eigenvalue weighted by atomic mass is 15.2. The quantitative estimate of drug-likeness (QED) is 0.884. The zero-order valence-corrected chi connectivity index (χ0v) is 11.9. The number of hydrogen-bond acceptors (Lipinski definition) is 2. The minimum Gasteiger partial charge on any atom is -0.358 e. The molecule has 0 bridgehead atoms. The van der Waals surface area contributed by atoms with Crippen molar-refractivity contribution in [3.63, 3.8) is 0 Å². The van der Waals surface area contributed by atoms with E-state index < -0.39 is 0 Å². The van der Waals surface area contributed by atoms with Crippen LogP contribution in [0.2, 0.25) is 0 Å². The molecule has 1 aliphatic rings. The summed E-state index contributed by atoms with van der Waals surface area (Å²) in [5.41, 5.74) is 4.09. The summed E-state index contributed by atoms with van der Waals surface area (Å²) in [5.74, 6) is 0. The molecule has 0 spiro atoms. The molecular formula is C16H23N3. The SMILES string of the molecule is Cc1[nH]c2ccccc2c1CCC1CNCCN1C. The minimum atomic E-state index is 0.668. The van der Waals surface area contributed by atoms with Crippen LogP contribution >= 0.6 is 0 Å². The lowest BCUT2D eigenvalue weighted by molar-refractivity contribution is 0.191. The van der Waals surface area contributed by atoms with E-state index in [1.54, 1.807) is 0 Å². The first-order chi connectivity index (χ1) is 9.25. The summed E-state index contributed by atoms with van der Waals surface area (Å²) in [6.07, 6.45) is 2.39. The summed E-state index contributed by atoms with van der Waals surface area (Å²) in [6.45, 7) is 5.60. The molecule has 2 aromatic rings. The average molecular weight is 257 g/mol. The smallest absolute Gasteiger partial charge is 0.0458 e. The molecule has 1 atom stereocenters. The van der Waals surface area contributed by atoms with E-state index >= 15 is 0 Å². The van der Waals surface area contributed by atoms with Crippen molar-refractivity contribution < 1.29 is 0 Å². The Morgan fingerprint density at radius 2 is 2.16 bits per heavy atom. The number of H-pyrrole nitrogens is 1. The molecule has 19 heavy (non-hydrogen) atoms. The monoisotopic (exact) mass is 257 g/mol. The number of piperazine rings is 1. The van der Waals surface area contributed by atoms with Crippen molar-refractivity contribution in [3.8, 4) is 0 Å². The fourth-order valence-corrected chi connectivity index (χ4v) is 3.15. The highest BCUT2D eigenvalue weighted by molar-refractivity contribution is 5.84. The molecule has 1 fully saturated rings. The molecule has 2 N–H and O–H groups in total. The molecule has 3 heteroatoms. The standard InChI is InChI=1S/C16H23N3/c1-12-14(15-5-3-4-6-16(15)18-12)8-7-13-11-17-9-10-19(13)2/h3-6,13,17-18H,7-11H2,1-2H3. The van der Waals surface area contributed by atoms with Gasteiger partial charge in [-0.25, -0.2) is 0 Å². The molecule has 1 aromatic carbocycles. The first-order valence-electron chi connectivity index (χ1n) is 7.23. The summed E-state index contributed by atoms with van der Waals surface area (Å²) in [4.78, 5) is 5.98. The Morgan fingerprint density at radius 1 is 1.32 bits per heavy atom. The Bertz CT molecular complexity index is 558. The lowest BCUT2D eigenvalue weighted by Gasteiger charge is -2.33. The summed E-state index contributed by atoms with van der Waals surface area (Å²) in [6, 6.07) is 9.30. The van der Waals surface area contributed by atoms with Crippen molar-refractivity contribution >= 4 is 10.9 Å². The van der Waals surface area contributed by atoms with Crippen molar-refractivity contribution in [1.82, 2.24) is 15.2 Å². The van der Waals surface area contributed by atoms with Gasteiger partial charge in [0.25, 0.3) is 0 Å². The molecule has 3 rings (SSSR count). The van der Waals surface area contributed by atoms with E-state index in [2.05, 4.69) is 53.4 Å². The van der Waals surface area contributed by atoms with E-state index in [0.29, 0.717) is 6.04 Å². The molecule has 1 aliphatic heterocycles. The number of nitrogens with one attached hydrogen (secondary N) is 2. The number of rotatable bonds is 3. The lowest BCUT2D eigenvalue weighted by atomic mass is 10.0. The van der Waals surface area contributed by atoms with Crippen LogP contribution in [0.3, 0.4) is 0 Å². The second-order valence-corrected chi connectivity index (χ2v) is 5.65. The molecule has 0 aliphatic carbocycles. The number of aromatic nitrogens is 1. The van der Waals surface area contributed by atoms with Crippen LogP contribution in [0.25, 0.3) is 10.9 Å². The first-order valence-corrected chi connectivity index (χ1v) is 7.23. The van der Waals surface area contributed by atoms with Crippen LogP contribution in [-0.4, -0.2) is 42.6 Å². The number of aromatic amines is 1. The Balaban J connectivity index is 1.76. The predicted molar refractivity (Wildman–Crippen MR) is 80.6 cm³/mol. The highest BCUT2D eigenvalue weighted by Gasteiger charge is 2.19. The van der Waals surface area contributed by atoms with E-state index in [1.165, 1.54) is 28.6 Å². The van der Waals surface area contributed by atoms with Gasteiger partial charge in [0, 0.05) is 42.3 Å². The molecule has 1 aromatic heterocycles. The zero-order valence-electron chi connectivity index (χ0n) is 11.9. The van der Waals surface area contributed by atoms with Crippen molar-refractivity contribution in [1.29, 1.82) is 0 Å². The van der Waals surface area contributed by atoms with Gasteiger partial charge in [-0.15, -0.1) is 0 Å². The lowest BCUT2D eigenvalue weighted by Crippen LogP contribution is -2.49. The zero-order chi connectivity index (χ0) is 13.2. The van der Waals surface area contributed by atoms with Gasteiger partial charge < -0.3 is 15.2 Å². The van der Waals surface area contributed by atoms with Crippen LogP contribution in [0.4, 0.5) is 0 Å². The number of fused-ring (bicyclic) bond motifs is 1. The number of likely N-dealkylation sites (N-methyl/N-ethyl adjacent to an activating group) is 1. The van der Waals surface area contributed by atoms with Crippen molar-refractivity contribution in [2.24, 2.45) is 0 Å². The second kappa shape index (κ2) is 5.35. The molecule has 0 saturated carbocycles. The first kappa shape index (κ1) is 12.7. The van der Waals surface area contributed by atoms with Crippen LogP contribution < -0.4 is 5.32 Å². The van der Waals surface area contributed by atoms with Crippen LogP contribution in [0.5, 0.6) is 0 Å². The maximum absolute atomic E-state index is 3.50. The third-order valence-electron chi connectivity index (χ3n) is 4.40. The van der Waals surface area contributed by atoms with E-state index in [4.69, 9.17) is 0 Å². The van der Waals surface area contributed by atoms with Crippen molar-refractivity contribution in [2.75, 3.05) is 26.7 Å². The summed E-state index contributed by atoms with van der Waals surface area (Å²) in [5, 5.41) is 4.89. The van der Waals surface area contributed by atoms with Gasteiger partial charge in [-0.2, -0.15) is 0 Å². The average Bonchev–Trinajstić information content (AvgIpc) is 2.74. The van der Waals surface area contributed by atoms with Crippen molar-refractivity contribution in [2.45, 2.75) is 25.8 Å². The molecule has 0 radical (unpaired) electrons. The fraction of sp³-hybridized carbons (Fsp3) is 0.500. The minimum absolute atomic E-state index is 0.668. The molecule has 3 nitrogen and oxygen atoms in total. The van der Waals surface area contributed by atoms with Crippen LogP contribution in [0, 0.1) is 6.92 Å². The van der Waals surface area contributed by atoms with Gasteiger partial charge in [-0.3, -0.25) is 0 Å². The predicted octanol–water partition coefficient (Wildman–Crippen LogP) is 2.31. The van der Waals surface area contributed by atoms with Crippen LogP contribution in [0.1, 0.15) is 17.7 Å². The van der Waals surface area contributed by atoms with Gasteiger partial charge in [0.05, 0.1) is 0 Å². The number of para-hydroxylation sites is 1. The maximum Gasteiger partial charge on any atom is 0.0458 e. The maximum atomic E-state index is 3.50. The van der Waals surface area contributed by atoms with Crippen molar-refractivity contribution in [3.05, 3.63) is 35.5 Å². The van der Waals surface area contributed by atoms with Gasteiger partial charge in [0.2, 0.25) is 0 Å². The molecular weight excluding hydrogens is 234 g/mol. The van der Waals surface area contributed by atoms with Gasteiger partial charge in [0.1, 0.15) is 0 Å². The summed E-state index contributed by atoms with van der Waals surface area (Å²) < 4.78 is 0. The third kappa shape index (κ3) is 2.53. The van der Waals surface area contributed by atoms with E-state index in [0.717, 1.165) is 26.1 Å². The topological polar surface area (TPSA) is 31.1 Å². The molecule has 0 amide bonds. The van der Waals surface area contributed by atoms with E-state index in [9.17, 15) is 0 Å². The Hall–Kier alpha value is -1.32. The normalized spacial score (nSPS) is 21.1. The number of hydrogen-bond donors (Lipinski definition) is 2. The molecule has 102 valence electrons. The van der Waals surface area contributed by atoms with Crippen LogP contribution in [-0.2, 0) is 6.42 Å². The third-order valence-corrected chi connectivity index (χ3v) is 4.40. The number of aryl methyl sites for hydroxylation is 2. The van der Waals surface area contributed by atoms with Gasteiger partial charge in [-0.05, 0) is 38.4 Å².